The van der Waals surface area contributed by atoms with Crippen LogP contribution in [0.1, 0.15) is 80.2 Å². The van der Waals surface area contributed by atoms with Gasteiger partial charge in [-0.25, -0.2) is 4.98 Å². The topological polar surface area (TPSA) is 67.2 Å². The number of aromatic nitrogens is 2. The Morgan fingerprint density at radius 2 is 2.00 bits per heavy atom. The van der Waals surface area contributed by atoms with Crippen molar-refractivity contribution in [2.24, 2.45) is 0 Å². The number of fused-ring (bicyclic) bond motifs is 1. The summed E-state index contributed by atoms with van der Waals surface area (Å²) in [5.74, 6) is 0.0803. The van der Waals surface area contributed by atoms with Crippen molar-refractivity contribution in [3.05, 3.63) is 17.2 Å². The largest absolute Gasteiger partial charge is 0.345 e. The molecule has 0 spiro atoms. The van der Waals surface area contributed by atoms with Gasteiger partial charge in [-0.2, -0.15) is 0 Å². The summed E-state index contributed by atoms with van der Waals surface area (Å²) in [5.41, 5.74) is 1.03. The fourth-order valence-corrected chi connectivity index (χ4v) is 2.96. The number of carbonyl (C=O) groups excluding carboxylic acids is 2. The number of unbranched alkanes of at least 4 members (excludes halogenated alkanes) is 1. The molecule has 1 aromatic rings. The van der Waals surface area contributed by atoms with Crippen molar-refractivity contribution in [2.45, 2.75) is 71.9 Å². The Morgan fingerprint density at radius 1 is 1.29 bits per heavy atom. The first-order chi connectivity index (χ1) is 11.2. The summed E-state index contributed by atoms with van der Waals surface area (Å²) in [5, 5.41) is 2.95. The van der Waals surface area contributed by atoms with Gasteiger partial charge < -0.3 is 14.8 Å². The normalized spacial score (nSPS) is 14.2. The third-order valence-electron chi connectivity index (χ3n) is 4.21. The van der Waals surface area contributed by atoms with Crippen LogP contribution in [0.25, 0.3) is 0 Å². The summed E-state index contributed by atoms with van der Waals surface area (Å²) in [6.45, 7) is 9.39. The van der Waals surface area contributed by atoms with Gasteiger partial charge in [-0.05, 0) is 46.5 Å². The summed E-state index contributed by atoms with van der Waals surface area (Å²) in [7, 11) is 1.81. The van der Waals surface area contributed by atoms with E-state index < -0.39 is 0 Å². The molecule has 0 aliphatic carbocycles. The minimum atomic E-state index is -0.333. The Morgan fingerprint density at radius 3 is 2.62 bits per heavy atom. The Hall–Kier alpha value is -1.85. The highest BCUT2D eigenvalue weighted by molar-refractivity contribution is 5.97. The number of imidazole rings is 1. The molecule has 1 N–H and O–H groups in total. The van der Waals surface area contributed by atoms with Crippen molar-refractivity contribution in [2.75, 3.05) is 13.6 Å². The lowest BCUT2D eigenvalue weighted by atomic mass is 10.1. The quantitative estimate of drug-likeness (QED) is 0.900. The SMILES string of the molecule is CCCCN(C)C(=O)c1nc(C(=O)NC(C)(C)C)n2c1CCCC2. The van der Waals surface area contributed by atoms with Crippen LogP contribution in [0.5, 0.6) is 0 Å². The smallest absolute Gasteiger partial charge is 0.287 e. The highest BCUT2D eigenvalue weighted by atomic mass is 16.2. The van der Waals surface area contributed by atoms with Crippen LogP contribution in [0.3, 0.4) is 0 Å². The van der Waals surface area contributed by atoms with Gasteiger partial charge in [0.15, 0.2) is 5.82 Å². The van der Waals surface area contributed by atoms with Crippen LogP contribution in [-0.4, -0.2) is 45.4 Å². The molecule has 0 radical (unpaired) electrons. The van der Waals surface area contributed by atoms with Crippen LogP contribution in [-0.2, 0) is 13.0 Å². The van der Waals surface area contributed by atoms with E-state index in [4.69, 9.17) is 0 Å². The molecular formula is C18H30N4O2. The third-order valence-corrected chi connectivity index (χ3v) is 4.21. The maximum atomic E-state index is 12.8. The van der Waals surface area contributed by atoms with Gasteiger partial charge >= 0.3 is 0 Å². The molecule has 24 heavy (non-hydrogen) atoms. The monoisotopic (exact) mass is 334 g/mol. The van der Waals surface area contributed by atoms with Gasteiger partial charge in [0.25, 0.3) is 11.8 Å². The summed E-state index contributed by atoms with van der Waals surface area (Å²) >= 11 is 0. The Balaban J connectivity index is 2.33. The molecule has 0 aromatic carbocycles. The molecule has 0 bridgehead atoms. The van der Waals surface area contributed by atoms with E-state index >= 15 is 0 Å². The predicted molar refractivity (Wildman–Crippen MR) is 94.3 cm³/mol. The van der Waals surface area contributed by atoms with Gasteiger partial charge in [0.05, 0.1) is 5.69 Å². The maximum Gasteiger partial charge on any atom is 0.287 e. The Bertz CT molecular complexity index is 613. The first kappa shape index (κ1) is 18.5. The van der Waals surface area contributed by atoms with Crippen molar-refractivity contribution in [1.82, 2.24) is 19.8 Å². The lowest BCUT2D eigenvalue weighted by molar-refractivity contribution is 0.0786. The molecule has 6 nitrogen and oxygen atoms in total. The zero-order chi connectivity index (χ0) is 17.9. The van der Waals surface area contributed by atoms with E-state index in [1.807, 2.05) is 32.4 Å². The number of nitrogens with one attached hydrogen (secondary N) is 1. The van der Waals surface area contributed by atoms with Crippen LogP contribution in [0.15, 0.2) is 0 Å². The summed E-state index contributed by atoms with van der Waals surface area (Å²) in [6, 6.07) is 0. The van der Waals surface area contributed by atoms with Crippen LogP contribution in [0, 0.1) is 0 Å². The van der Waals surface area contributed by atoms with Gasteiger partial charge in [-0.15, -0.1) is 0 Å². The molecule has 6 heteroatoms. The lowest BCUT2D eigenvalue weighted by Crippen LogP contribution is -2.42. The number of hydrogen-bond acceptors (Lipinski definition) is 3. The number of amides is 2. The second kappa shape index (κ2) is 7.36. The zero-order valence-electron chi connectivity index (χ0n) is 15.6. The molecule has 0 saturated carbocycles. The van der Waals surface area contributed by atoms with E-state index in [9.17, 15) is 9.59 Å². The first-order valence-electron chi connectivity index (χ1n) is 8.92. The standard InChI is InChI=1S/C18H30N4O2/c1-6-7-11-21(5)17(24)14-13-10-8-9-12-22(13)15(19-14)16(23)20-18(2,3)4/h6-12H2,1-5H3,(H,20,23). The van der Waals surface area contributed by atoms with Crippen molar-refractivity contribution < 1.29 is 9.59 Å². The van der Waals surface area contributed by atoms with Crippen molar-refractivity contribution in [1.29, 1.82) is 0 Å². The molecule has 0 atom stereocenters. The fourth-order valence-electron chi connectivity index (χ4n) is 2.96. The second-order valence-electron chi connectivity index (χ2n) is 7.62. The van der Waals surface area contributed by atoms with E-state index in [0.29, 0.717) is 18.1 Å². The van der Waals surface area contributed by atoms with Gasteiger partial charge in [0, 0.05) is 25.7 Å². The van der Waals surface area contributed by atoms with Crippen LogP contribution in [0.2, 0.25) is 0 Å². The number of nitrogens with zero attached hydrogens (tertiary/aromatic N) is 3. The fraction of sp³-hybridized carbons (Fsp3) is 0.722. The highest BCUT2D eigenvalue weighted by Crippen LogP contribution is 2.22. The van der Waals surface area contributed by atoms with Gasteiger partial charge in [-0.3, -0.25) is 9.59 Å². The van der Waals surface area contributed by atoms with Crippen LogP contribution >= 0.6 is 0 Å². The molecule has 0 saturated heterocycles. The van der Waals surface area contributed by atoms with Crippen molar-refractivity contribution in [3.8, 4) is 0 Å². The van der Waals surface area contributed by atoms with E-state index in [2.05, 4.69) is 17.2 Å². The molecular weight excluding hydrogens is 304 g/mol. The summed E-state index contributed by atoms with van der Waals surface area (Å²) in [6.07, 6.45) is 4.86. The molecule has 0 unspecified atom stereocenters. The lowest BCUT2D eigenvalue weighted by Gasteiger charge is -2.22. The summed E-state index contributed by atoms with van der Waals surface area (Å²) in [4.78, 5) is 31.5. The van der Waals surface area contributed by atoms with E-state index in [-0.39, 0.29) is 17.4 Å². The maximum absolute atomic E-state index is 12.8. The van der Waals surface area contributed by atoms with Gasteiger partial charge in [0.2, 0.25) is 0 Å². The second-order valence-corrected chi connectivity index (χ2v) is 7.62. The molecule has 2 amide bonds. The average Bonchev–Trinajstić information content (AvgIpc) is 2.90. The third kappa shape index (κ3) is 4.16. The van der Waals surface area contributed by atoms with Crippen molar-refractivity contribution in [3.63, 3.8) is 0 Å². The van der Waals surface area contributed by atoms with Crippen LogP contribution in [0.4, 0.5) is 0 Å². The zero-order valence-corrected chi connectivity index (χ0v) is 15.6. The average molecular weight is 334 g/mol. The Kier molecular flexibility index (Phi) is 5.67. The number of hydrogen-bond donors (Lipinski definition) is 1. The first-order valence-corrected chi connectivity index (χ1v) is 8.92. The molecule has 1 aliphatic heterocycles. The van der Waals surface area contributed by atoms with Crippen LogP contribution < -0.4 is 5.32 Å². The molecule has 1 aliphatic rings. The molecule has 134 valence electrons. The molecule has 0 fully saturated rings. The number of rotatable bonds is 5. The molecule has 2 rings (SSSR count). The highest BCUT2D eigenvalue weighted by Gasteiger charge is 2.29. The minimum Gasteiger partial charge on any atom is -0.345 e. The molecule has 1 aromatic heterocycles. The molecule has 2 heterocycles. The van der Waals surface area contributed by atoms with Gasteiger partial charge in [-0.1, -0.05) is 13.3 Å². The minimum absolute atomic E-state index is 0.0797. The van der Waals surface area contributed by atoms with E-state index in [1.54, 1.807) is 4.90 Å². The van der Waals surface area contributed by atoms with E-state index in [0.717, 1.165) is 44.3 Å². The summed E-state index contributed by atoms with van der Waals surface area (Å²) < 4.78 is 1.94. The van der Waals surface area contributed by atoms with E-state index in [1.165, 1.54) is 0 Å². The Labute approximate surface area is 144 Å². The number of carbonyl (C=O) groups is 2. The van der Waals surface area contributed by atoms with Gasteiger partial charge in [0.1, 0.15) is 5.69 Å². The van der Waals surface area contributed by atoms with Crippen molar-refractivity contribution >= 4 is 11.8 Å². The predicted octanol–water partition coefficient (Wildman–Crippen LogP) is 2.62.